The summed E-state index contributed by atoms with van der Waals surface area (Å²) in [5.41, 5.74) is 25.8. The van der Waals surface area contributed by atoms with Crippen molar-refractivity contribution in [2.45, 2.75) is 151 Å². The van der Waals surface area contributed by atoms with Crippen LogP contribution >= 0.6 is 0 Å². The maximum Gasteiger partial charge on any atom is 0.251 e. The lowest BCUT2D eigenvalue weighted by atomic mass is 9.90. The summed E-state index contributed by atoms with van der Waals surface area (Å²) in [5.74, 6) is -0.368. The first-order valence-corrected chi connectivity index (χ1v) is 42.1. The number of carbonyl (C=O) groups is 6. The number of halogens is 2. The Morgan fingerprint density at radius 3 is 1.15 bits per heavy atom. The van der Waals surface area contributed by atoms with Crippen LogP contribution in [0.4, 0.5) is 8.78 Å². The highest BCUT2D eigenvalue weighted by Crippen LogP contribution is 2.32. The average Bonchev–Trinajstić information content (AvgIpc) is 1.81. The van der Waals surface area contributed by atoms with Gasteiger partial charge in [-0.1, -0.05) is 233 Å². The number of fused-ring (bicyclic) bond motifs is 1. The van der Waals surface area contributed by atoms with Crippen LogP contribution in [0.2, 0.25) is 0 Å². The van der Waals surface area contributed by atoms with Crippen molar-refractivity contribution in [1.82, 2.24) is 46.6 Å². The molecule has 3 saturated heterocycles. The van der Waals surface area contributed by atoms with E-state index in [4.69, 9.17) is 17.2 Å². The smallest absolute Gasteiger partial charge is 0.251 e. The summed E-state index contributed by atoms with van der Waals surface area (Å²) in [5, 5.41) is 21.3. The lowest BCUT2D eigenvalue weighted by Crippen LogP contribution is -2.49. The Bertz CT molecular complexity index is 4400. The quantitative estimate of drug-likeness (QED) is 0.0168. The van der Waals surface area contributed by atoms with Crippen molar-refractivity contribution < 1.29 is 37.5 Å². The van der Waals surface area contributed by atoms with Crippen LogP contribution in [0.25, 0.3) is 16.8 Å². The molecule has 0 aromatic heterocycles. The van der Waals surface area contributed by atoms with E-state index in [0.29, 0.717) is 116 Å². The molecule has 0 saturated carbocycles. The molecule has 0 radical (unpaired) electrons. The van der Waals surface area contributed by atoms with E-state index in [9.17, 15) is 37.5 Å². The molecule has 3 aliphatic rings. The third-order valence-corrected chi connectivity index (χ3v) is 22.6. The normalized spacial score (nSPS) is 18.1. The van der Waals surface area contributed by atoms with Gasteiger partial charge in [0.25, 0.3) is 5.91 Å². The molecule has 7 atom stereocenters. The maximum atomic E-state index is 13.8. The van der Waals surface area contributed by atoms with E-state index in [1.54, 1.807) is 42.5 Å². The van der Waals surface area contributed by atoms with E-state index in [1.165, 1.54) is 63.7 Å². The van der Waals surface area contributed by atoms with Gasteiger partial charge >= 0.3 is 0 Å². The Morgan fingerprint density at radius 1 is 0.436 bits per heavy atom. The summed E-state index contributed by atoms with van der Waals surface area (Å²) < 4.78 is 26.6. The van der Waals surface area contributed by atoms with Gasteiger partial charge in [0.2, 0.25) is 29.5 Å². The zero-order valence-electron chi connectivity index (χ0n) is 68.0. The molecule has 0 spiro atoms. The van der Waals surface area contributed by atoms with E-state index in [-0.39, 0.29) is 107 Å². The number of benzene rings is 9. The molecule has 3 fully saturated rings. The zero-order chi connectivity index (χ0) is 82.5. The van der Waals surface area contributed by atoms with Crippen LogP contribution in [0.15, 0.2) is 249 Å². The largest absolute Gasteiger partial charge is 0.354 e. The van der Waals surface area contributed by atoms with E-state index >= 15 is 0 Å². The fourth-order valence-electron chi connectivity index (χ4n) is 15.9. The minimum atomic E-state index is -0.370. The average molecular weight is 1590 g/mol. The molecule has 9 aromatic rings. The molecular formula is C97H120F2N12O6. The summed E-state index contributed by atoms with van der Waals surface area (Å²) in [4.78, 5) is 85.5. The monoisotopic (exact) mass is 1590 g/mol. The first-order valence-electron chi connectivity index (χ1n) is 42.1. The predicted molar refractivity (Wildman–Crippen MR) is 466 cm³/mol. The highest BCUT2D eigenvalue weighted by atomic mass is 19.1. The maximum absolute atomic E-state index is 13.8. The predicted octanol–water partition coefficient (Wildman–Crippen LogP) is 13.4. The van der Waals surface area contributed by atoms with Gasteiger partial charge < -0.3 is 63.8 Å². The minimum Gasteiger partial charge on any atom is -0.354 e. The number of nitrogens with two attached hydrogens (primary N) is 3. The number of rotatable bonds is 35. The summed E-state index contributed by atoms with van der Waals surface area (Å²) >= 11 is 0. The SMILES string of the molecule is CCCCC(CC)C(=O)NC[C@@H]1CCN(CC(c2ccccc2)c2ccccc2)C(=O)[C@H](CCCN)N1.NCCC[C@@H]1N[C@H](CNC(=O)/C=C/c2ccc(F)cc2)CCN(CC(c2ccccc2)c2ccccc2)C1=O.NCCC[C@@H]1N[C@H](CNC(=O)c2ccc3cc(F)ccc3c2)CCN(CC(c2ccccc2)c2ccccc2)C1=O. The summed E-state index contributed by atoms with van der Waals surface area (Å²) in [6.45, 7) is 10.8. The Kier molecular flexibility index (Phi) is 36.1. The Balaban J connectivity index is 0.000000185. The number of hydrogen-bond acceptors (Lipinski definition) is 12. The molecule has 20 heteroatoms. The Morgan fingerprint density at radius 2 is 0.786 bits per heavy atom. The molecule has 6 amide bonds. The Labute approximate surface area is 690 Å². The molecule has 0 aliphatic carbocycles. The van der Waals surface area contributed by atoms with E-state index in [0.717, 1.165) is 67.7 Å². The lowest BCUT2D eigenvalue weighted by molar-refractivity contribution is -0.133. The molecule has 1 unspecified atom stereocenters. The van der Waals surface area contributed by atoms with Gasteiger partial charge in [-0.05, 0) is 182 Å². The van der Waals surface area contributed by atoms with Gasteiger partial charge in [0.15, 0.2) is 0 Å². The van der Waals surface area contributed by atoms with Crippen LogP contribution in [-0.4, -0.2) is 165 Å². The second-order valence-corrected chi connectivity index (χ2v) is 30.9. The van der Waals surface area contributed by atoms with Crippen LogP contribution in [-0.2, 0) is 24.0 Å². The van der Waals surface area contributed by atoms with Crippen LogP contribution < -0.4 is 49.1 Å². The van der Waals surface area contributed by atoms with E-state index in [1.807, 2.05) is 99.6 Å². The van der Waals surface area contributed by atoms with Crippen molar-refractivity contribution in [3.05, 3.63) is 305 Å². The van der Waals surface area contributed by atoms with Crippen molar-refractivity contribution in [2.24, 2.45) is 23.1 Å². The van der Waals surface area contributed by atoms with Gasteiger partial charge in [-0.2, -0.15) is 0 Å². The second-order valence-electron chi connectivity index (χ2n) is 30.9. The molecule has 618 valence electrons. The molecule has 117 heavy (non-hydrogen) atoms. The standard InChI is InChI=1S/C34H37FN4O2.C32H37FN4O2.C31H46N4O2/c35-29-16-15-26-20-28(14-13-27(26)21-29)33(40)37-22-30-17-19-39(34(41)32(38-30)12-7-18-36)23-31(24-8-3-1-4-9-24)25-10-5-2-6-11-25;33-27-16-13-24(14-17-27)15-18-31(38)35-22-28-19-21-37(32(39)30(36-28)12-7-20-34)23-29(25-8-3-1-4-9-25)26-10-5-2-6-11-26;1-3-5-13-24(4-2)30(36)33-22-27-19-21-35(31(37)29(34-27)18-12-20-32)23-28(25-14-8-6-9-15-25)26-16-10-7-11-17-26/h1-6,8-11,13-16,20-21,30-32,38H,7,12,17-19,22-23,36H2,(H,37,40);1-6,8-11,13-18,28-30,36H,7,12,19-23,34H2,(H,35,38);6-11,14-17,24,27-29,34H,3-5,12-13,18-23,32H2,1-2H3,(H,33,36)/b;18-15+;/t30-,32-;28-,30-;24?,27-,29-/m000/s1. The van der Waals surface area contributed by atoms with E-state index in [2.05, 4.69) is 143 Å². The minimum absolute atomic E-state index is 0.0501. The molecule has 12 rings (SSSR count). The molecule has 3 aliphatic heterocycles. The first kappa shape index (κ1) is 88.8. The van der Waals surface area contributed by atoms with Gasteiger partial charge in [-0.15, -0.1) is 0 Å². The number of carbonyl (C=O) groups excluding carboxylic acids is 6. The highest BCUT2D eigenvalue weighted by molar-refractivity contribution is 5.98. The van der Waals surface area contributed by atoms with Crippen LogP contribution in [0, 0.1) is 17.6 Å². The fraction of sp³-hybridized carbons (Fsp3) is 0.381. The fourth-order valence-corrected chi connectivity index (χ4v) is 15.9. The van der Waals surface area contributed by atoms with Gasteiger partial charge in [-0.3, -0.25) is 28.8 Å². The van der Waals surface area contributed by atoms with Gasteiger partial charge in [0.05, 0.1) is 18.1 Å². The van der Waals surface area contributed by atoms with Crippen LogP contribution in [0.3, 0.4) is 0 Å². The number of nitrogens with one attached hydrogen (secondary N) is 6. The van der Waals surface area contributed by atoms with Crippen LogP contribution in [0.1, 0.15) is 164 Å². The lowest BCUT2D eigenvalue weighted by Gasteiger charge is -2.29. The van der Waals surface area contributed by atoms with Crippen LogP contribution in [0.5, 0.6) is 0 Å². The molecule has 3 heterocycles. The van der Waals surface area contributed by atoms with Crippen molar-refractivity contribution in [2.75, 3.05) is 78.5 Å². The second kappa shape index (κ2) is 47.6. The highest BCUT2D eigenvalue weighted by Gasteiger charge is 2.37. The van der Waals surface area contributed by atoms with Crippen molar-refractivity contribution >= 4 is 52.3 Å². The molecule has 18 nitrogen and oxygen atoms in total. The number of unbranched alkanes of at least 4 members (excludes halogenated alkanes) is 1. The van der Waals surface area contributed by atoms with Gasteiger partial charge in [0.1, 0.15) is 11.6 Å². The Hall–Kier alpha value is -10.6. The van der Waals surface area contributed by atoms with Crippen molar-refractivity contribution in [3.8, 4) is 0 Å². The van der Waals surface area contributed by atoms with E-state index < -0.39 is 0 Å². The summed E-state index contributed by atoms with van der Waals surface area (Å²) in [7, 11) is 0. The van der Waals surface area contributed by atoms with Gasteiger partial charge in [-0.25, -0.2) is 8.78 Å². The number of nitrogens with zero attached hydrogens (tertiary/aromatic N) is 3. The topological polar surface area (TPSA) is 262 Å². The summed E-state index contributed by atoms with van der Waals surface area (Å²) in [6, 6.07) is 76.7. The van der Waals surface area contributed by atoms with Crippen molar-refractivity contribution in [1.29, 1.82) is 0 Å². The third-order valence-electron chi connectivity index (χ3n) is 22.6. The molecule has 12 N–H and O–H groups in total. The molecule has 0 bridgehead atoms. The number of amides is 6. The molecule has 9 aromatic carbocycles. The zero-order valence-corrected chi connectivity index (χ0v) is 68.0. The summed E-state index contributed by atoms with van der Waals surface area (Å²) in [6.07, 6.45) is 13.5. The van der Waals surface area contributed by atoms with Crippen molar-refractivity contribution in [3.63, 3.8) is 0 Å². The number of hydrogen-bond donors (Lipinski definition) is 9. The third kappa shape index (κ3) is 27.5. The first-order chi connectivity index (χ1) is 57.1. The van der Waals surface area contributed by atoms with Gasteiger partial charge in [0, 0.05) is 112 Å². The molecular weight excluding hydrogens is 1470 g/mol.